The number of rotatable bonds is 4. The first-order valence-electron chi connectivity index (χ1n) is 5.75. The molecule has 1 aliphatic carbocycles. The third kappa shape index (κ3) is 3.25. The van der Waals surface area contributed by atoms with Gasteiger partial charge in [-0.15, -0.1) is 11.3 Å². The minimum atomic E-state index is -3.72. The van der Waals surface area contributed by atoms with Crippen LogP contribution in [0.2, 0.25) is 4.34 Å². The molecule has 1 aromatic rings. The molecule has 0 amide bonds. The topological polar surface area (TPSA) is 89.3 Å². The summed E-state index contributed by atoms with van der Waals surface area (Å²) in [7, 11) is -3.72. The molecule has 1 heterocycles. The summed E-state index contributed by atoms with van der Waals surface area (Å²) in [4.78, 5) is 9.98. The second kappa shape index (κ2) is 5.35. The molecule has 0 saturated heterocycles. The normalized spacial score (nSPS) is 23.7. The van der Waals surface area contributed by atoms with E-state index in [9.17, 15) is 18.5 Å². The quantitative estimate of drug-likeness (QED) is 0.681. The molecular formula is C10H13ClN2O4S2. The number of hydrogen-bond donors (Lipinski definition) is 1. The second-order valence-electron chi connectivity index (χ2n) is 4.72. The zero-order valence-electron chi connectivity index (χ0n) is 10.1. The van der Waals surface area contributed by atoms with Crippen LogP contribution in [0.4, 0.5) is 5.69 Å². The Kier molecular flexibility index (Phi) is 4.14. The zero-order valence-corrected chi connectivity index (χ0v) is 12.5. The molecule has 0 aliphatic heterocycles. The van der Waals surface area contributed by atoms with Crippen LogP contribution >= 0.6 is 22.9 Å². The molecule has 19 heavy (non-hydrogen) atoms. The van der Waals surface area contributed by atoms with E-state index in [0.717, 1.165) is 25.3 Å². The largest absolute Gasteiger partial charge is 0.300 e. The number of hydrogen-bond acceptors (Lipinski definition) is 5. The highest BCUT2D eigenvalue weighted by molar-refractivity contribution is 7.91. The third-order valence-corrected chi connectivity index (χ3v) is 6.46. The fourth-order valence-corrected chi connectivity index (χ4v) is 5.15. The summed E-state index contributed by atoms with van der Waals surface area (Å²) in [6.45, 7) is 2.07. The maximum absolute atomic E-state index is 12.1. The smallest absolute Gasteiger partial charge is 0.258 e. The molecule has 0 aromatic carbocycles. The van der Waals surface area contributed by atoms with Gasteiger partial charge in [0, 0.05) is 12.1 Å². The predicted molar refractivity (Wildman–Crippen MR) is 73.1 cm³/mol. The van der Waals surface area contributed by atoms with Crippen LogP contribution in [0, 0.1) is 16.0 Å². The second-order valence-corrected chi connectivity index (χ2v) is 8.31. The van der Waals surface area contributed by atoms with E-state index in [2.05, 4.69) is 11.6 Å². The van der Waals surface area contributed by atoms with Crippen LogP contribution in [-0.2, 0) is 10.0 Å². The van der Waals surface area contributed by atoms with Crippen LogP contribution in [0.25, 0.3) is 0 Å². The van der Waals surface area contributed by atoms with Gasteiger partial charge < -0.3 is 0 Å². The van der Waals surface area contributed by atoms with E-state index >= 15 is 0 Å². The molecule has 9 heteroatoms. The van der Waals surface area contributed by atoms with Crippen LogP contribution in [0.3, 0.4) is 0 Å². The summed E-state index contributed by atoms with van der Waals surface area (Å²) in [5.74, 6) is 0.494. The van der Waals surface area contributed by atoms with Crippen molar-refractivity contribution in [3.8, 4) is 0 Å². The van der Waals surface area contributed by atoms with Crippen molar-refractivity contribution in [2.45, 2.75) is 36.4 Å². The van der Waals surface area contributed by atoms with Gasteiger partial charge in [0.05, 0.1) is 4.92 Å². The Balaban J connectivity index is 2.20. The van der Waals surface area contributed by atoms with Gasteiger partial charge in [-0.1, -0.05) is 18.5 Å². The highest BCUT2D eigenvalue weighted by Gasteiger charge is 2.30. The standard InChI is InChI=1S/C10H13ClN2O4S2/c1-6-2-3-7(4-6)12-19(16,17)9-5-8(13(14)15)10(11)18-9/h5-7,12H,2-4H2,1H3. The van der Waals surface area contributed by atoms with Crippen molar-refractivity contribution < 1.29 is 13.3 Å². The number of halogens is 1. The number of thiophene rings is 1. The van der Waals surface area contributed by atoms with E-state index in [4.69, 9.17) is 11.6 Å². The average molecular weight is 325 g/mol. The van der Waals surface area contributed by atoms with Crippen molar-refractivity contribution in [1.29, 1.82) is 0 Å². The Morgan fingerprint density at radius 3 is 2.68 bits per heavy atom. The minimum Gasteiger partial charge on any atom is -0.258 e. The third-order valence-electron chi connectivity index (χ3n) is 3.12. The van der Waals surface area contributed by atoms with Gasteiger partial charge in [-0.05, 0) is 25.2 Å². The number of sulfonamides is 1. The molecule has 1 aromatic heterocycles. The molecule has 2 unspecified atom stereocenters. The van der Waals surface area contributed by atoms with Gasteiger partial charge in [0.2, 0.25) is 0 Å². The molecule has 1 aliphatic rings. The summed E-state index contributed by atoms with van der Waals surface area (Å²) in [5.41, 5.74) is -0.369. The summed E-state index contributed by atoms with van der Waals surface area (Å²) in [5, 5.41) is 10.7. The van der Waals surface area contributed by atoms with Gasteiger partial charge >= 0.3 is 0 Å². The lowest BCUT2D eigenvalue weighted by atomic mass is 10.1. The summed E-state index contributed by atoms with van der Waals surface area (Å²) in [6.07, 6.45) is 2.57. The SMILES string of the molecule is CC1CCC(NS(=O)(=O)c2cc([N+](=O)[O-])c(Cl)s2)C1. The zero-order chi connectivity index (χ0) is 14.2. The minimum absolute atomic E-state index is 0.0973. The highest BCUT2D eigenvalue weighted by atomic mass is 35.5. The number of nitrogens with zero attached hydrogens (tertiary/aromatic N) is 1. The predicted octanol–water partition coefficient (Wildman–Crippen LogP) is 2.78. The van der Waals surface area contributed by atoms with E-state index in [-0.39, 0.29) is 20.3 Å². The van der Waals surface area contributed by atoms with E-state index < -0.39 is 14.9 Å². The first-order chi connectivity index (χ1) is 8.79. The molecular weight excluding hydrogens is 312 g/mol. The van der Waals surface area contributed by atoms with Gasteiger partial charge in [-0.3, -0.25) is 10.1 Å². The Morgan fingerprint density at radius 1 is 1.53 bits per heavy atom. The maximum Gasteiger partial charge on any atom is 0.300 e. The molecule has 0 spiro atoms. The average Bonchev–Trinajstić information content (AvgIpc) is 2.84. The van der Waals surface area contributed by atoms with Crippen molar-refractivity contribution in [3.05, 3.63) is 20.5 Å². The first-order valence-corrected chi connectivity index (χ1v) is 8.43. The molecule has 0 bridgehead atoms. The van der Waals surface area contributed by atoms with Crippen molar-refractivity contribution in [2.24, 2.45) is 5.92 Å². The number of nitrogens with one attached hydrogen (secondary N) is 1. The fraction of sp³-hybridized carbons (Fsp3) is 0.600. The first kappa shape index (κ1) is 14.7. The molecule has 1 saturated carbocycles. The van der Waals surface area contributed by atoms with Crippen LogP contribution in [0.1, 0.15) is 26.2 Å². The van der Waals surface area contributed by atoms with Gasteiger partial charge in [0.1, 0.15) is 4.21 Å². The van der Waals surface area contributed by atoms with Crippen molar-refractivity contribution in [3.63, 3.8) is 0 Å². The van der Waals surface area contributed by atoms with Gasteiger partial charge in [-0.25, -0.2) is 13.1 Å². The molecule has 1 N–H and O–H groups in total. The Labute approximate surface area is 120 Å². The van der Waals surface area contributed by atoms with E-state index in [0.29, 0.717) is 17.3 Å². The summed E-state index contributed by atoms with van der Waals surface area (Å²) >= 11 is 6.38. The summed E-state index contributed by atoms with van der Waals surface area (Å²) < 4.78 is 26.6. The molecule has 106 valence electrons. The maximum atomic E-state index is 12.1. The van der Waals surface area contributed by atoms with Crippen molar-refractivity contribution in [1.82, 2.24) is 4.72 Å². The van der Waals surface area contributed by atoms with E-state index in [1.807, 2.05) is 0 Å². The van der Waals surface area contributed by atoms with Crippen LogP contribution < -0.4 is 4.72 Å². The lowest BCUT2D eigenvalue weighted by Crippen LogP contribution is -2.32. The molecule has 1 fully saturated rings. The Hall–Kier alpha value is -0.700. The lowest BCUT2D eigenvalue weighted by Gasteiger charge is -2.11. The Morgan fingerprint density at radius 2 is 2.21 bits per heavy atom. The van der Waals surface area contributed by atoms with Crippen LogP contribution in [-0.4, -0.2) is 19.4 Å². The van der Waals surface area contributed by atoms with Crippen molar-refractivity contribution in [2.75, 3.05) is 0 Å². The fourth-order valence-electron chi connectivity index (χ4n) is 2.19. The van der Waals surface area contributed by atoms with Crippen molar-refractivity contribution >= 4 is 38.6 Å². The lowest BCUT2D eigenvalue weighted by molar-refractivity contribution is -0.384. The van der Waals surface area contributed by atoms with E-state index in [1.54, 1.807) is 0 Å². The van der Waals surface area contributed by atoms with Gasteiger partial charge in [-0.2, -0.15) is 0 Å². The monoisotopic (exact) mass is 324 g/mol. The molecule has 2 atom stereocenters. The Bertz CT molecular complexity index is 599. The summed E-state index contributed by atoms with van der Waals surface area (Å²) in [6, 6.07) is 0.910. The highest BCUT2D eigenvalue weighted by Crippen LogP contribution is 2.36. The molecule has 0 radical (unpaired) electrons. The van der Waals surface area contributed by atoms with Gasteiger partial charge in [0.15, 0.2) is 4.34 Å². The van der Waals surface area contributed by atoms with E-state index in [1.165, 1.54) is 0 Å². The van der Waals surface area contributed by atoms with Crippen LogP contribution in [0.5, 0.6) is 0 Å². The van der Waals surface area contributed by atoms with Gasteiger partial charge in [0.25, 0.3) is 15.7 Å². The number of nitro groups is 1. The molecule has 2 rings (SSSR count). The van der Waals surface area contributed by atoms with Crippen LogP contribution in [0.15, 0.2) is 10.3 Å². The molecule has 6 nitrogen and oxygen atoms in total.